The number of nitrogens with zero attached hydrogens (tertiary/aromatic N) is 4. The first-order valence-electron chi connectivity index (χ1n) is 10.6. The molecule has 3 N–H and O–H groups in total. The summed E-state index contributed by atoms with van der Waals surface area (Å²) in [6, 6.07) is 3.75. The lowest BCUT2D eigenvalue weighted by Crippen LogP contribution is -2.33. The second-order valence-electron chi connectivity index (χ2n) is 7.88. The van der Waals surface area contributed by atoms with Crippen LogP contribution >= 0.6 is 0 Å². The second-order valence-corrected chi connectivity index (χ2v) is 7.88. The number of rotatable bonds is 6. The molecule has 2 aliphatic rings. The van der Waals surface area contributed by atoms with E-state index in [4.69, 9.17) is 19.4 Å². The molecule has 5 rings (SSSR count). The average molecular weight is 454 g/mol. The quantitative estimate of drug-likeness (QED) is 0.475. The molecule has 11 heteroatoms. The van der Waals surface area contributed by atoms with Crippen molar-refractivity contribution < 1.29 is 24.2 Å². The van der Waals surface area contributed by atoms with Gasteiger partial charge in [-0.15, -0.1) is 0 Å². The molecule has 0 atom stereocenters. The van der Waals surface area contributed by atoms with Gasteiger partial charge < -0.3 is 24.8 Å². The Labute approximate surface area is 190 Å². The molecule has 0 radical (unpaired) electrons. The normalized spacial score (nSPS) is 14.7. The number of hydrogen-bond acceptors (Lipinski definition) is 8. The third kappa shape index (κ3) is 4.66. The number of ether oxygens (including phenoxy) is 2. The number of carbonyl (C=O) groups excluding carboxylic acids is 1. The first kappa shape index (κ1) is 22.3. The summed E-state index contributed by atoms with van der Waals surface area (Å²) >= 11 is 0. The smallest absolute Gasteiger partial charge is 0.290 e. The minimum atomic E-state index is -0.250. The number of hydrogen-bond donors (Lipinski definition) is 3. The lowest BCUT2D eigenvalue weighted by atomic mass is 10.0. The molecule has 11 nitrogen and oxygen atoms in total. The highest BCUT2D eigenvalue weighted by Crippen LogP contribution is 2.36. The summed E-state index contributed by atoms with van der Waals surface area (Å²) in [7, 11) is 3.21. The van der Waals surface area contributed by atoms with Crippen LogP contribution in [0.5, 0.6) is 11.5 Å². The summed E-state index contributed by atoms with van der Waals surface area (Å²) in [5, 5.41) is 18.1. The summed E-state index contributed by atoms with van der Waals surface area (Å²) in [6.45, 7) is 1.79. The van der Waals surface area contributed by atoms with Crippen LogP contribution in [0.1, 0.15) is 34.6 Å². The molecule has 1 aliphatic carbocycles. The van der Waals surface area contributed by atoms with Crippen LogP contribution in [0.2, 0.25) is 0 Å². The molecule has 1 saturated carbocycles. The van der Waals surface area contributed by atoms with E-state index in [9.17, 15) is 4.79 Å². The summed E-state index contributed by atoms with van der Waals surface area (Å²) in [6.07, 6.45) is 4.71. The minimum Gasteiger partial charge on any atom is -0.493 e. The zero-order valence-electron chi connectivity index (χ0n) is 18.5. The van der Waals surface area contributed by atoms with E-state index >= 15 is 0 Å². The third-order valence-corrected chi connectivity index (χ3v) is 5.82. The summed E-state index contributed by atoms with van der Waals surface area (Å²) < 4.78 is 10.9. The predicted octanol–water partition coefficient (Wildman–Crippen LogP) is 1.77. The van der Waals surface area contributed by atoms with Gasteiger partial charge in [-0.2, -0.15) is 5.10 Å². The third-order valence-electron chi connectivity index (χ3n) is 5.82. The van der Waals surface area contributed by atoms with Gasteiger partial charge in [-0.25, -0.2) is 9.97 Å². The topological polar surface area (TPSA) is 143 Å². The Hall–Kier alpha value is -3.89. The fourth-order valence-corrected chi connectivity index (χ4v) is 3.93. The maximum absolute atomic E-state index is 12.7. The van der Waals surface area contributed by atoms with E-state index < -0.39 is 0 Å². The Morgan fingerprint density at radius 2 is 2.00 bits per heavy atom. The lowest BCUT2D eigenvalue weighted by molar-refractivity contribution is -0.122. The van der Waals surface area contributed by atoms with E-state index in [0.717, 1.165) is 47.5 Å². The number of nitrogens with one attached hydrogen (secondary N) is 2. The van der Waals surface area contributed by atoms with Crippen LogP contribution in [0.25, 0.3) is 10.9 Å². The maximum atomic E-state index is 12.7. The van der Waals surface area contributed by atoms with Crippen molar-refractivity contribution in [3.8, 4) is 11.5 Å². The second kappa shape index (κ2) is 9.72. The van der Waals surface area contributed by atoms with Crippen molar-refractivity contribution in [2.75, 3.05) is 32.2 Å². The first-order valence-corrected chi connectivity index (χ1v) is 10.6. The van der Waals surface area contributed by atoms with Gasteiger partial charge in [0.05, 0.1) is 19.7 Å². The molecular weight excluding hydrogens is 428 g/mol. The van der Waals surface area contributed by atoms with Crippen LogP contribution in [0, 0.1) is 5.92 Å². The maximum Gasteiger partial charge on any atom is 0.290 e. The number of benzene rings is 1. The highest BCUT2D eigenvalue weighted by atomic mass is 16.5. The molecule has 174 valence electrons. The first-order chi connectivity index (χ1) is 16.1. The number of amides is 1. The molecule has 3 heterocycles. The van der Waals surface area contributed by atoms with Crippen molar-refractivity contribution in [3.05, 3.63) is 35.4 Å². The number of H-pyrrole nitrogens is 1. The Kier molecular flexibility index (Phi) is 6.57. The molecule has 2 aromatic heterocycles. The van der Waals surface area contributed by atoms with Gasteiger partial charge >= 0.3 is 0 Å². The van der Waals surface area contributed by atoms with Crippen molar-refractivity contribution in [1.29, 1.82) is 0 Å². The molecule has 1 aliphatic heterocycles. The van der Waals surface area contributed by atoms with Crippen LogP contribution in [0.15, 0.2) is 18.5 Å². The molecule has 1 aromatic carbocycles. The van der Waals surface area contributed by atoms with E-state index in [2.05, 4.69) is 30.4 Å². The van der Waals surface area contributed by atoms with E-state index in [0.29, 0.717) is 29.7 Å². The van der Waals surface area contributed by atoms with Gasteiger partial charge in [-0.05, 0) is 24.8 Å². The van der Waals surface area contributed by atoms with Crippen LogP contribution in [0.3, 0.4) is 0 Å². The largest absolute Gasteiger partial charge is 0.493 e. The Bertz CT molecular complexity index is 1160. The number of anilines is 1. The molecule has 0 spiro atoms. The molecule has 0 unspecified atom stereocenters. The zero-order chi connectivity index (χ0) is 23.4. The van der Waals surface area contributed by atoms with Gasteiger partial charge in [0.25, 0.3) is 12.4 Å². The number of methoxy groups -OCH3 is 2. The van der Waals surface area contributed by atoms with E-state index in [-0.39, 0.29) is 12.4 Å². The monoisotopic (exact) mass is 454 g/mol. The predicted molar refractivity (Wildman–Crippen MR) is 120 cm³/mol. The molecule has 3 aromatic rings. The van der Waals surface area contributed by atoms with Gasteiger partial charge in [-0.1, -0.05) is 0 Å². The molecule has 33 heavy (non-hydrogen) atoms. The molecular formula is C22H26N6O5. The van der Waals surface area contributed by atoms with Crippen LogP contribution in [0.4, 0.5) is 5.82 Å². The fraction of sp³-hybridized carbons (Fsp3) is 0.409. The number of carboxylic acid groups (broad SMARTS) is 1. The lowest BCUT2D eigenvalue weighted by Gasteiger charge is -2.29. The summed E-state index contributed by atoms with van der Waals surface area (Å²) in [5.41, 5.74) is 3.20. The summed E-state index contributed by atoms with van der Waals surface area (Å²) in [4.78, 5) is 32.1. The van der Waals surface area contributed by atoms with Crippen molar-refractivity contribution in [1.82, 2.24) is 25.5 Å². The SMILES string of the molecule is COc1cc2ncnc(N3CCc4[nH]nc(C(=O)NCC5CC5)c4C3)c2cc1OC.O=CO. The number of aromatic nitrogens is 4. The molecule has 1 amide bonds. The van der Waals surface area contributed by atoms with E-state index in [1.165, 1.54) is 12.8 Å². The van der Waals surface area contributed by atoms with Gasteiger partial charge in [-0.3, -0.25) is 14.7 Å². The number of aromatic amines is 1. The van der Waals surface area contributed by atoms with E-state index in [1.54, 1.807) is 20.5 Å². The Balaban J connectivity index is 0.000000821. The zero-order valence-corrected chi connectivity index (χ0v) is 18.5. The van der Waals surface area contributed by atoms with Gasteiger partial charge in [0.1, 0.15) is 12.1 Å². The fourth-order valence-electron chi connectivity index (χ4n) is 3.93. The molecule has 1 fully saturated rings. The van der Waals surface area contributed by atoms with E-state index in [1.807, 2.05) is 12.1 Å². The summed E-state index contributed by atoms with van der Waals surface area (Å²) in [5.74, 6) is 2.57. The van der Waals surface area contributed by atoms with Gasteiger partial charge in [0.15, 0.2) is 17.2 Å². The molecule has 0 bridgehead atoms. The Morgan fingerprint density at radius 3 is 2.70 bits per heavy atom. The van der Waals surface area contributed by atoms with Crippen molar-refractivity contribution in [2.24, 2.45) is 5.92 Å². The number of fused-ring (bicyclic) bond motifs is 2. The van der Waals surface area contributed by atoms with Crippen molar-refractivity contribution >= 4 is 29.1 Å². The van der Waals surface area contributed by atoms with Gasteiger partial charge in [0, 0.05) is 48.8 Å². The van der Waals surface area contributed by atoms with Crippen LogP contribution < -0.4 is 19.7 Å². The molecule has 0 saturated heterocycles. The van der Waals surface area contributed by atoms with Crippen molar-refractivity contribution in [2.45, 2.75) is 25.8 Å². The average Bonchev–Trinajstić information content (AvgIpc) is 3.58. The van der Waals surface area contributed by atoms with Crippen LogP contribution in [-0.2, 0) is 17.8 Å². The highest BCUT2D eigenvalue weighted by Gasteiger charge is 2.28. The van der Waals surface area contributed by atoms with Crippen molar-refractivity contribution in [3.63, 3.8) is 0 Å². The minimum absolute atomic E-state index is 0.111. The highest BCUT2D eigenvalue weighted by molar-refractivity contribution is 5.95. The Morgan fingerprint density at radius 1 is 1.27 bits per heavy atom. The number of carbonyl (C=O) groups is 2. The van der Waals surface area contributed by atoms with Crippen LogP contribution in [-0.4, -0.2) is 65.0 Å². The van der Waals surface area contributed by atoms with Gasteiger partial charge in [0.2, 0.25) is 0 Å². The standard InChI is InChI=1S/C21H24N6O3.CH2O2/c1-29-17-7-13-16(8-18(17)30-2)23-11-24-20(13)27-6-5-15-14(10-27)19(26-25-15)21(28)22-9-12-3-4-12;2-1-3/h7-8,11-12H,3-6,9-10H2,1-2H3,(H,22,28)(H,25,26);1H,(H,2,3).